The molecule has 0 amide bonds. The zero-order valence-electron chi connectivity index (χ0n) is 11.1. The summed E-state index contributed by atoms with van der Waals surface area (Å²) in [6.07, 6.45) is 2.85. The van der Waals surface area contributed by atoms with Crippen molar-refractivity contribution in [3.63, 3.8) is 0 Å². The number of hydrogen-bond acceptors (Lipinski definition) is 7. The number of carboxylic acids is 1. The van der Waals surface area contributed by atoms with Crippen molar-refractivity contribution in [1.82, 2.24) is 9.97 Å². The van der Waals surface area contributed by atoms with Crippen LogP contribution in [-0.2, 0) is 14.3 Å². The van der Waals surface area contributed by atoms with Crippen molar-refractivity contribution >= 4 is 17.8 Å². The second-order valence-corrected chi connectivity index (χ2v) is 4.35. The number of esters is 1. The Bertz CT molecular complexity index is 522. The number of aliphatic carboxylic acids is 1. The summed E-state index contributed by atoms with van der Waals surface area (Å²) < 4.78 is 9.77. The molecule has 1 N–H and O–H groups in total. The van der Waals surface area contributed by atoms with Gasteiger partial charge in [-0.2, -0.15) is 0 Å². The largest absolute Gasteiger partial charge is 0.480 e. The maximum absolute atomic E-state index is 11.4. The van der Waals surface area contributed by atoms with Crippen LogP contribution in [0.15, 0.2) is 12.4 Å². The number of hydrogen-bond donors (Lipinski definition) is 1. The first-order valence-electron chi connectivity index (χ1n) is 5.99. The second kappa shape index (κ2) is 5.83. The minimum atomic E-state index is -0.963. The van der Waals surface area contributed by atoms with E-state index in [1.54, 1.807) is 4.90 Å². The van der Waals surface area contributed by atoms with Crippen molar-refractivity contribution in [2.24, 2.45) is 0 Å². The normalized spacial score (nSPS) is 21.8. The average Bonchev–Trinajstić information content (AvgIpc) is 2.91. The van der Waals surface area contributed by atoms with E-state index in [4.69, 9.17) is 4.74 Å². The van der Waals surface area contributed by atoms with Crippen LogP contribution in [0.5, 0.6) is 0 Å². The van der Waals surface area contributed by atoms with E-state index in [0.29, 0.717) is 18.8 Å². The molecule has 0 radical (unpaired) electrons. The first kappa shape index (κ1) is 14.2. The fraction of sp³-hybridized carbons (Fsp3) is 0.500. The summed E-state index contributed by atoms with van der Waals surface area (Å²) in [5, 5.41) is 9.25. The molecule has 8 nitrogen and oxygen atoms in total. The fourth-order valence-electron chi connectivity index (χ4n) is 2.15. The molecular formula is C12H15N3O5. The molecular weight excluding hydrogens is 266 g/mol. The molecule has 8 heteroatoms. The third-order valence-corrected chi connectivity index (χ3v) is 3.19. The van der Waals surface area contributed by atoms with Gasteiger partial charge in [-0.05, 0) is 0 Å². The zero-order valence-corrected chi connectivity index (χ0v) is 11.1. The van der Waals surface area contributed by atoms with Crippen LogP contribution in [0, 0.1) is 0 Å². The van der Waals surface area contributed by atoms with E-state index in [1.807, 2.05) is 0 Å². The lowest BCUT2D eigenvalue weighted by Crippen LogP contribution is -2.36. The van der Waals surface area contributed by atoms with Gasteiger partial charge in [0, 0.05) is 20.1 Å². The van der Waals surface area contributed by atoms with E-state index in [9.17, 15) is 14.7 Å². The van der Waals surface area contributed by atoms with Gasteiger partial charge in [-0.25, -0.2) is 14.6 Å². The van der Waals surface area contributed by atoms with Crippen molar-refractivity contribution in [3.8, 4) is 0 Å². The van der Waals surface area contributed by atoms with E-state index in [2.05, 4.69) is 14.7 Å². The van der Waals surface area contributed by atoms with Crippen LogP contribution in [0.25, 0.3) is 0 Å². The predicted molar refractivity (Wildman–Crippen MR) is 67.6 cm³/mol. The molecule has 1 aliphatic rings. The van der Waals surface area contributed by atoms with Crippen LogP contribution in [0.2, 0.25) is 0 Å². The van der Waals surface area contributed by atoms with Gasteiger partial charge in [-0.15, -0.1) is 0 Å². The Balaban J connectivity index is 2.29. The van der Waals surface area contributed by atoms with Crippen LogP contribution in [0.1, 0.15) is 16.9 Å². The minimum absolute atomic E-state index is 0.0370. The number of nitrogens with zero attached hydrogens (tertiary/aromatic N) is 3. The SMILES string of the molecule is COC(=O)c1cncc(N2CC(OC)CC2C(=O)O)n1. The molecule has 0 spiro atoms. The minimum Gasteiger partial charge on any atom is -0.480 e. The van der Waals surface area contributed by atoms with Crippen LogP contribution in [0.4, 0.5) is 5.82 Å². The summed E-state index contributed by atoms with van der Waals surface area (Å²) in [6, 6.07) is -0.748. The number of carbonyl (C=O) groups excluding carboxylic acids is 1. The number of ether oxygens (including phenoxy) is 2. The molecule has 2 atom stereocenters. The van der Waals surface area contributed by atoms with Crippen molar-refractivity contribution in [2.75, 3.05) is 25.7 Å². The predicted octanol–water partition coefficient (Wildman–Crippen LogP) is -0.0585. The first-order chi connectivity index (χ1) is 9.56. The molecule has 1 saturated heterocycles. The smallest absolute Gasteiger partial charge is 0.358 e. The molecule has 20 heavy (non-hydrogen) atoms. The summed E-state index contributed by atoms with van der Waals surface area (Å²) in [5.74, 6) is -1.26. The maximum Gasteiger partial charge on any atom is 0.358 e. The van der Waals surface area contributed by atoms with Gasteiger partial charge in [0.1, 0.15) is 11.9 Å². The van der Waals surface area contributed by atoms with E-state index in [0.717, 1.165) is 0 Å². The first-order valence-corrected chi connectivity index (χ1v) is 5.99. The molecule has 2 heterocycles. The number of rotatable bonds is 4. The highest BCUT2D eigenvalue weighted by molar-refractivity contribution is 5.87. The van der Waals surface area contributed by atoms with E-state index >= 15 is 0 Å². The molecule has 0 saturated carbocycles. The van der Waals surface area contributed by atoms with Gasteiger partial charge in [-0.1, -0.05) is 0 Å². The van der Waals surface area contributed by atoms with Crippen LogP contribution in [0.3, 0.4) is 0 Å². The lowest BCUT2D eigenvalue weighted by Gasteiger charge is -2.21. The number of anilines is 1. The lowest BCUT2D eigenvalue weighted by molar-refractivity contribution is -0.138. The molecule has 108 valence electrons. The van der Waals surface area contributed by atoms with Crippen LogP contribution >= 0.6 is 0 Å². The summed E-state index contributed by atoms with van der Waals surface area (Å²) in [4.78, 5) is 32.3. The highest BCUT2D eigenvalue weighted by atomic mass is 16.5. The third-order valence-electron chi connectivity index (χ3n) is 3.19. The zero-order chi connectivity index (χ0) is 14.7. The lowest BCUT2D eigenvalue weighted by atomic mass is 10.2. The maximum atomic E-state index is 11.4. The van der Waals surface area contributed by atoms with Gasteiger partial charge < -0.3 is 19.5 Å². The quantitative estimate of drug-likeness (QED) is 0.766. The van der Waals surface area contributed by atoms with E-state index < -0.39 is 18.0 Å². The third kappa shape index (κ3) is 2.69. The average molecular weight is 281 g/mol. The van der Waals surface area contributed by atoms with E-state index in [-0.39, 0.29) is 11.8 Å². The number of carbonyl (C=O) groups is 2. The summed E-state index contributed by atoms with van der Waals surface area (Å²) in [7, 11) is 2.77. The van der Waals surface area contributed by atoms with Gasteiger partial charge in [-0.3, -0.25) is 4.98 Å². The highest BCUT2D eigenvalue weighted by Crippen LogP contribution is 2.25. The van der Waals surface area contributed by atoms with Crippen molar-refractivity contribution in [2.45, 2.75) is 18.6 Å². The highest BCUT2D eigenvalue weighted by Gasteiger charge is 2.38. The Labute approximate surface area is 115 Å². The van der Waals surface area contributed by atoms with Gasteiger partial charge in [0.25, 0.3) is 0 Å². The standard InChI is InChI=1S/C12H15N3O5/c1-19-7-3-9(11(16)17)15(6-7)10-5-13-4-8(14-10)12(18)20-2/h4-5,7,9H,3,6H2,1-2H3,(H,16,17). The summed E-state index contributed by atoms with van der Waals surface area (Å²) in [6.45, 7) is 0.382. The fourth-order valence-corrected chi connectivity index (χ4v) is 2.15. The van der Waals surface area contributed by atoms with Crippen molar-refractivity contribution < 1.29 is 24.2 Å². The molecule has 1 fully saturated rings. The number of carboxylic acid groups (broad SMARTS) is 1. The second-order valence-electron chi connectivity index (χ2n) is 4.35. The Morgan fingerprint density at radius 1 is 1.40 bits per heavy atom. The van der Waals surface area contributed by atoms with E-state index in [1.165, 1.54) is 26.6 Å². The van der Waals surface area contributed by atoms with Gasteiger partial charge in [0.05, 0.1) is 25.6 Å². The number of aromatic nitrogens is 2. The van der Waals surface area contributed by atoms with Crippen LogP contribution in [-0.4, -0.2) is 59.9 Å². The Morgan fingerprint density at radius 2 is 2.15 bits per heavy atom. The van der Waals surface area contributed by atoms with Gasteiger partial charge in [0.2, 0.25) is 0 Å². The molecule has 0 aliphatic carbocycles. The number of methoxy groups -OCH3 is 2. The molecule has 0 aromatic carbocycles. The molecule has 1 aromatic rings. The molecule has 2 rings (SSSR count). The van der Waals surface area contributed by atoms with Crippen molar-refractivity contribution in [3.05, 3.63) is 18.1 Å². The monoisotopic (exact) mass is 281 g/mol. The van der Waals surface area contributed by atoms with Crippen LogP contribution < -0.4 is 4.90 Å². The Kier molecular flexibility index (Phi) is 4.14. The summed E-state index contributed by atoms with van der Waals surface area (Å²) >= 11 is 0. The van der Waals surface area contributed by atoms with Crippen molar-refractivity contribution in [1.29, 1.82) is 0 Å². The Hall–Kier alpha value is -2.22. The summed E-state index contributed by atoms with van der Waals surface area (Å²) in [5.41, 5.74) is 0.0370. The molecule has 1 aromatic heterocycles. The van der Waals surface area contributed by atoms with Gasteiger partial charge in [0.15, 0.2) is 5.69 Å². The Morgan fingerprint density at radius 3 is 2.75 bits per heavy atom. The molecule has 0 bridgehead atoms. The topological polar surface area (TPSA) is 102 Å². The molecule has 2 unspecified atom stereocenters. The molecule has 1 aliphatic heterocycles. The van der Waals surface area contributed by atoms with Gasteiger partial charge >= 0.3 is 11.9 Å².